The van der Waals surface area contributed by atoms with Crippen LogP contribution in [0.1, 0.15) is 30.4 Å². The van der Waals surface area contributed by atoms with Crippen LogP contribution >= 0.6 is 11.6 Å². The van der Waals surface area contributed by atoms with Gasteiger partial charge in [-0.15, -0.1) is 0 Å². The molecule has 9 heteroatoms. The van der Waals surface area contributed by atoms with E-state index < -0.39 is 0 Å². The maximum Gasteiger partial charge on any atom is 0.229 e. The quantitative estimate of drug-likeness (QED) is 0.405. The Bertz CT molecular complexity index is 1170. The summed E-state index contributed by atoms with van der Waals surface area (Å²) in [5.41, 5.74) is 9.50. The van der Waals surface area contributed by atoms with Gasteiger partial charge in [-0.05, 0) is 67.2 Å². The van der Waals surface area contributed by atoms with E-state index in [1.807, 2.05) is 0 Å². The molecule has 8 nitrogen and oxygen atoms in total. The monoisotopic (exact) mass is 508 g/mol. The minimum Gasteiger partial charge on any atom is -0.379 e. The van der Waals surface area contributed by atoms with Crippen LogP contribution < -0.4 is 16.4 Å². The molecule has 0 radical (unpaired) electrons. The van der Waals surface area contributed by atoms with Gasteiger partial charge in [-0.3, -0.25) is 9.69 Å². The van der Waals surface area contributed by atoms with Crippen molar-refractivity contribution in [2.45, 2.75) is 44.2 Å². The molecule has 4 aliphatic rings. The van der Waals surface area contributed by atoms with Gasteiger partial charge in [0.15, 0.2) is 5.82 Å². The number of primary amides is 1. The number of ether oxygens (including phenoxy) is 1. The predicted octanol–water partition coefficient (Wildman–Crippen LogP) is 3.54. The van der Waals surface area contributed by atoms with E-state index in [9.17, 15) is 4.79 Å². The standard InChI is InChI=1S/C27H33ClN6O2/c28-22-15-30-27(33-26(22)32-24-19-2-1-18(13-19)23(24)25(29)35)31-20-6-3-16-4-7-21(8-5-17(16)14-20)34-9-11-36-12-10-34/h1-3,6,14-15,18-19,21,23-24H,4-5,7-13H2,(H2,29,35)(H2,30,31,32,33)/t18-,19+,21?,23+,24-/m1/s1. The first-order valence-electron chi connectivity index (χ1n) is 13.0. The number of amides is 1. The number of benzene rings is 1. The second-order valence-electron chi connectivity index (χ2n) is 10.4. The number of aromatic nitrogens is 2. The number of rotatable bonds is 6. The number of nitrogens with zero attached hydrogens (tertiary/aromatic N) is 3. The molecule has 1 aromatic heterocycles. The lowest BCUT2D eigenvalue weighted by atomic mass is 9.88. The molecule has 1 aliphatic heterocycles. The molecule has 190 valence electrons. The van der Waals surface area contributed by atoms with Crippen LogP contribution in [0.4, 0.5) is 17.5 Å². The Morgan fingerprint density at radius 2 is 1.89 bits per heavy atom. The van der Waals surface area contributed by atoms with Crippen LogP contribution in [0.5, 0.6) is 0 Å². The number of morpholine rings is 1. The number of fused-ring (bicyclic) bond motifs is 3. The van der Waals surface area contributed by atoms with E-state index >= 15 is 0 Å². The zero-order chi connectivity index (χ0) is 24.6. The number of aryl methyl sites for hydroxylation is 2. The van der Waals surface area contributed by atoms with Crippen LogP contribution in [0.3, 0.4) is 0 Å². The van der Waals surface area contributed by atoms with Crippen molar-refractivity contribution in [3.8, 4) is 0 Å². The number of hydrogen-bond donors (Lipinski definition) is 3. The second-order valence-corrected chi connectivity index (χ2v) is 10.8. The first-order chi connectivity index (χ1) is 17.5. The van der Waals surface area contributed by atoms with Gasteiger partial charge in [0.1, 0.15) is 5.02 Å². The SMILES string of the molecule is NC(=O)[C@@H]1[C@H](Nc2nc(Nc3ccc4c(c3)CCC(N3CCOCC3)CC4)ncc2Cl)[C@H]2C=C[C@@H]1C2. The summed E-state index contributed by atoms with van der Waals surface area (Å²) >= 11 is 6.44. The third kappa shape index (κ3) is 4.69. The summed E-state index contributed by atoms with van der Waals surface area (Å²) in [5, 5.41) is 7.18. The maximum atomic E-state index is 12.1. The fraction of sp³-hybridized carbons (Fsp3) is 0.519. The molecule has 2 bridgehead atoms. The Morgan fingerprint density at radius 3 is 2.69 bits per heavy atom. The summed E-state index contributed by atoms with van der Waals surface area (Å²) in [6, 6.07) is 7.07. The van der Waals surface area contributed by atoms with Crippen LogP contribution in [0.25, 0.3) is 0 Å². The Kier molecular flexibility index (Phi) is 6.58. The summed E-state index contributed by atoms with van der Waals surface area (Å²) in [6.45, 7) is 3.77. The zero-order valence-electron chi connectivity index (χ0n) is 20.3. The third-order valence-electron chi connectivity index (χ3n) is 8.35. The van der Waals surface area contributed by atoms with E-state index in [-0.39, 0.29) is 29.7 Å². The van der Waals surface area contributed by atoms with Crippen molar-refractivity contribution in [1.82, 2.24) is 14.9 Å². The fourth-order valence-electron chi connectivity index (χ4n) is 6.50. The van der Waals surface area contributed by atoms with Gasteiger partial charge in [-0.2, -0.15) is 4.98 Å². The number of carbonyl (C=O) groups excluding carboxylic acids is 1. The van der Waals surface area contributed by atoms with Gasteiger partial charge in [-0.25, -0.2) is 4.98 Å². The smallest absolute Gasteiger partial charge is 0.229 e. The van der Waals surface area contributed by atoms with Gasteiger partial charge < -0.3 is 21.1 Å². The third-order valence-corrected chi connectivity index (χ3v) is 8.63. The normalized spacial score (nSPS) is 29.5. The summed E-state index contributed by atoms with van der Waals surface area (Å²) < 4.78 is 5.54. The Morgan fingerprint density at radius 1 is 1.11 bits per heavy atom. The van der Waals surface area contributed by atoms with Gasteiger partial charge in [0, 0.05) is 30.9 Å². The van der Waals surface area contributed by atoms with E-state index in [4.69, 9.17) is 22.1 Å². The summed E-state index contributed by atoms with van der Waals surface area (Å²) in [4.78, 5) is 23.7. The zero-order valence-corrected chi connectivity index (χ0v) is 21.1. The summed E-state index contributed by atoms with van der Waals surface area (Å²) in [7, 11) is 0. The molecule has 1 aromatic carbocycles. The minimum absolute atomic E-state index is 0.107. The largest absolute Gasteiger partial charge is 0.379 e. The Labute approximate surface area is 216 Å². The average molecular weight is 509 g/mol. The van der Waals surface area contributed by atoms with Crippen LogP contribution in [0, 0.1) is 17.8 Å². The number of halogens is 1. The number of anilines is 3. The van der Waals surface area contributed by atoms with Gasteiger partial charge in [0.25, 0.3) is 0 Å². The van der Waals surface area contributed by atoms with Gasteiger partial charge in [0.2, 0.25) is 11.9 Å². The molecule has 2 aromatic rings. The molecule has 3 aliphatic carbocycles. The van der Waals surface area contributed by atoms with E-state index in [2.05, 4.69) is 55.9 Å². The molecule has 4 N–H and O–H groups in total. The average Bonchev–Trinajstić information content (AvgIpc) is 3.42. The molecule has 6 rings (SSSR count). The minimum atomic E-state index is -0.284. The molecule has 36 heavy (non-hydrogen) atoms. The topological polar surface area (TPSA) is 105 Å². The summed E-state index contributed by atoms with van der Waals surface area (Å²) in [6.07, 6.45) is 11.3. The molecular weight excluding hydrogens is 476 g/mol. The first kappa shape index (κ1) is 23.7. The van der Waals surface area contributed by atoms with Gasteiger partial charge in [0.05, 0.1) is 25.3 Å². The molecular formula is C27H33ClN6O2. The van der Waals surface area contributed by atoms with Gasteiger partial charge >= 0.3 is 0 Å². The van der Waals surface area contributed by atoms with E-state index in [0.717, 1.165) is 51.3 Å². The van der Waals surface area contributed by atoms with Crippen LogP contribution in [0.2, 0.25) is 5.02 Å². The Hall–Kier alpha value is -2.68. The lowest BCUT2D eigenvalue weighted by molar-refractivity contribution is -0.122. The van der Waals surface area contributed by atoms with Crippen LogP contribution in [-0.2, 0) is 22.4 Å². The highest BCUT2D eigenvalue weighted by molar-refractivity contribution is 6.32. The molecule has 1 amide bonds. The molecule has 0 spiro atoms. The van der Waals surface area contributed by atoms with Crippen LogP contribution in [0.15, 0.2) is 36.5 Å². The molecule has 2 fully saturated rings. The predicted molar refractivity (Wildman–Crippen MR) is 140 cm³/mol. The van der Waals surface area contributed by atoms with Crippen molar-refractivity contribution in [1.29, 1.82) is 0 Å². The van der Waals surface area contributed by atoms with E-state index in [1.165, 1.54) is 24.0 Å². The second kappa shape index (κ2) is 10.00. The number of nitrogens with one attached hydrogen (secondary N) is 2. The van der Waals surface area contributed by atoms with Crippen molar-refractivity contribution in [2.24, 2.45) is 23.5 Å². The molecule has 1 saturated carbocycles. The van der Waals surface area contributed by atoms with Crippen molar-refractivity contribution < 1.29 is 9.53 Å². The van der Waals surface area contributed by atoms with Gasteiger partial charge in [-0.1, -0.05) is 29.8 Å². The highest BCUT2D eigenvalue weighted by atomic mass is 35.5. The van der Waals surface area contributed by atoms with E-state index in [0.29, 0.717) is 22.8 Å². The fourth-order valence-corrected chi connectivity index (χ4v) is 6.64. The summed E-state index contributed by atoms with van der Waals surface area (Å²) in [5.74, 6) is 0.888. The van der Waals surface area contributed by atoms with Crippen LogP contribution in [-0.4, -0.2) is 59.2 Å². The number of carbonyl (C=O) groups is 1. The maximum absolute atomic E-state index is 12.1. The highest BCUT2D eigenvalue weighted by Crippen LogP contribution is 2.45. The first-order valence-corrected chi connectivity index (χ1v) is 13.4. The highest BCUT2D eigenvalue weighted by Gasteiger charge is 2.47. The number of hydrogen-bond acceptors (Lipinski definition) is 7. The van der Waals surface area contributed by atoms with Crippen molar-refractivity contribution >= 4 is 35.0 Å². The molecule has 1 saturated heterocycles. The van der Waals surface area contributed by atoms with Crippen molar-refractivity contribution in [3.63, 3.8) is 0 Å². The van der Waals surface area contributed by atoms with E-state index in [1.54, 1.807) is 6.20 Å². The molecule has 1 unspecified atom stereocenters. The van der Waals surface area contributed by atoms with Crippen molar-refractivity contribution in [2.75, 3.05) is 36.9 Å². The number of nitrogens with two attached hydrogens (primary N) is 1. The number of allylic oxidation sites excluding steroid dienone is 1. The lowest BCUT2D eigenvalue weighted by Gasteiger charge is -2.33. The van der Waals surface area contributed by atoms with Crippen molar-refractivity contribution in [3.05, 3.63) is 52.7 Å². The molecule has 5 atom stereocenters. The Balaban J connectivity index is 1.15. The lowest BCUT2D eigenvalue weighted by Crippen LogP contribution is -2.43. The molecule has 2 heterocycles.